The summed E-state index contributed by atoms with van der Waals surface area (Å²) in [7, 11) is -3.80. The molecule has 9 heteroatoms. The number of hydrogen-bond acceptors (Lipinski definition) is 5. The van der Waals surface area contributed by atoms with Crippen molar-refractivity contribution in [3.05, 3.63) is 82.5 Å². The van der Waals surface area contributed by atoms with E-state index in [1.807, 2.05) is 0 Å². The number of amides is 1. The Bertz CT molecular complexity index is 1170. The average molecular weight is 446 g/mol. The lowest BCUT2D eigenvalue weighted by Crippen LogP contribution is -2.28. The molecule has 1 heterocycles. The summed E-state index contributed by atoms with van der Waals surface area (Å²) in [6, 6.07) is 12.0. The van der Waals surface area contributed by atoms with Crippen LogP contribution in [-0.4, -0.2) is 19.5 Å². The van der Waals surface area contributed by atoms with E-state index in [2.05, 4.69) is 15.2 Å². The molecule has 1 aromatic heterocycles. The van der Waals surface area contributed by atoms with Gasteiger partial charge < -0.3 is 9.84 Å². The highest BCUT2D eigenvalue weighted by Gasteiger charge is 2.23. The molecule has 0 aliphatic heterocycles. The molecule has 2 N–H and O–H groups in total. The first-order valence-corrected chi connectivity index (χ1v) is 11.2. The van der Waals surface area contributed by atoms with Crippen LogP contribution in [0.3, 0.4) is 0 Å². The minimum Gasteiger partial charge on any atom is -0.361 e. The van der Waals surface area contributed by atoms with E-state index in [1.54, 1.807) is 39.0 Å². The van der Waals surface area contributed by atoms with Gasteiger partial charge in [-0.2, -0.15) is 0 Å². The maximum atomic E-state index is 13.3. The zero-order valence-electron chi connectivity index (χ0n) is 17.5. The molecule has 3 rings (SSSR count). The first-order chi connectivity index (χ1) is 14.7. The van der Waals surface area contributed by atoms with E-state index in [9.17, 15) is 17.6 Å². The molecule has 1 unspecified atom stereocenters. The Morgan fingerprint density at radius 2 is 1.77 bits per heavy atom. The number of halogens is 1. The van der Waals surface area contributed by atoms with Gasteiger partial charge in [-0.3, -0.25) is 4.79 Å². The molecule has 0 bridgehead atoms. The Balaban J connectivity index is 1.64. The highest BCUT2D eigenvalue weighted by Crippen LogP contribution is 2.23. The summed E-state index contributed by atoms with van der Waals surface area (Å²) in [5, 5.41) is 6.69. The van der Waals surface area contributed by atoms with Crippen molar-refractivity contribution >= 4 is 15.9 Å². The van der Waals surface area contributed by atoms with Crippen LogP contribution in [0.15, 0.2) is 57.9 Å². The van der Waals surface area contributed by atoms with Gasteiger partial charge in [0.2, 0.25) is 15.9 Å². The molecule has 0 aliphatic carbocycles. The number of carbonyl (C=O) groups is 1. The third kappa shape index (κ3) is 5.56. The Labute approximate surface area is 180 Å². The van der Waals surface area contributed by atoms with E-state index < -0.39 is 21.8 Å². The standard InChI is InChI=1S/C22H24FN3O4S/c1-14(21-15(2)26-30-16(21)3)22(27)24-12-18-7-5-9-20(11-18)31(28,29)25-13-17-6-4-8-19(23)10-17/h4-11,14,25H,12-13H2,1-3H3,(H,24,27). The van der Waals surface area contributed by atoms with Crippen molar-refractivity contribution in [3.8, 4) is 0 Å². The average Bonchev–Trinajstić information content (AvgIpc) is 3.08. The zero-order valence-corrected chi connectivity index (χ0v) is 18.3. The summed E-state index contributed by atoms with van der Waals surface area (Å²) in [5.41, 5.74) is 2.56. The molecule has 0 spiro atoms. The summed E-state index contributed by atoms with van der Waals surface area (Å²) < 4.78 is 46.1. The SMILES string of the molecule is Cc1noc(C)c1C(C)C(=O)NCc1cccc(S(=O)(=O)NCc2cccc(F)c2)c1. The van der Waals surface area contributed by atoms with Crippen molar-refractivity contribution in [1.29, 1.82) is 0 Å². The van der Waals surface area contributed by atoms with Crippen LogP contribution < -0.4 is 10.0 Å². The molecule has 164 valence electrons. The number of benzene rings is 2. The first-order valence-electron chi connectivity index (χ1n) is 9.71. The molecule has 0 radical (unpaired) electrons. The Hall–Kier alpha value is -3.04. The second kappa shape index (κ2) is 9.40. The number of aromatic nitrogens is 1. The van der Waals surface area contributed by atoms with Crippen LogP contribution >= 0.6 is 0 Å². The zero-order chi connectivity index (χ0) is 22.6. The van der Waals surface area contributed by atoms with Gasteiger partial charge in [-0.1, -0.05) is 29.4 Å². The van der Waals surface area contributed by atoms with E-state index >= 15 is 0 Å². The van der Waals surface area contributed by atoms with E-state index in [0.717, 1.165) is 5.56 Å². The van der Waals surface area contributed by atoms with Crippen LogP contribution in [-0.2, 0) is 27.9 Å². The summed E-state index contributed by atoms with van der Waals surface area (Å²) in [6.45, 7) is 5.43. The lowest BCUT2D eigenvalue weighted by atomic mass is 9.98. The highest BCUT2D eigenvalue weighted by molar-refractivity contribution is 7.89. The normalized spacial score (nSPS) is 12.5. The first kappa shape index (κ1) is 22.6. The third-order valence-electron chi connectivity index (χ3n) is 4.95. The summed E-state index contributed by atoms with van der Waals surface area (Å²) in [6.07, 6.45) is 0. The summed E-state index contributed by atoms with van der Waals surface area (Å²) in [5.74, 6) is -0.504. The van der Waals surface area contributed by atoms with Gasteiger partial charge in [-0.05, 0) is 56.2 Å². The molecule has 2 aromatic carbocycles. The molecule has 1 atom stereocenters. The number of nitrogens with one attached hydrogen (secondary N) is 2. The number of aryl methyl sites for hydroxylation is 2. The van der Waals surface area contributed by atoms with E-state index in [0.29, 0.717) is 22.6 Å². The molecule has 0 saturated heterocycles. The van der Waals surface area contributed by atoms with Crippen molar-refractivity contribution in [2.24, 2.45) is 0 Å². The lowest BCUT2D eigenvalue weighted by molar-refractivity contribution is -0.122. The molecular formula is C22H24FN3O4S. The van der Waals surface area contributed by atoms with Crippen LogP contribution in [0, 0.1) is 19.7 Å². The molecule has 7 nitrogen and oxygen atoms in total. The van der Waals surface area contributed by atoms with Crippen molar-refractivity contribution in [2.45, 2.75) is 44.7 Å². The predicted molar refractivity (Wildman–Crippen MR) is 113 cm³/mol. The number of sulfonamides is 1. The second-order valence-corrected chi connectivity index (χ2v) is 9.05. The molecule has 31 heavy (non-hydrogen) atoms. The minimum atomic E-state index is -3.80. The highest BCUT2D eigenvalue weighted by atomic mass is 32.2. The maximum Gasteiger partial charge on any atom is 0.240 e. The molecular weight excluding hydrogens is 421 g/mol. The van der Waals surface area contributed by atoms with Gasteiger partial charge in [0.15, 0.2) is 0 Å². The fourth-order valence-electron chi connectivity index (χ4n) is 3.31. The molecule has 0 aliphatic rings. The van der Waals surface area contributed by atoms with Crippen molar-refractivity contribution in [1.82, 2.24) is 15.2 Å². The third-order valence-corrected chi connectivity index (χ3v) is 6.34. The van der Waals surface area contributed by atoms with Crippen LogP contribution in [0.5, 0.6) is 0 Å². The Morgan fingerprint density at radius 1 is 1.10 bits per heavy atom. The fourth-order valence-corrected chi connectivity index (χ4v) is 4.40. The van der Waals surface area contributed by atoms with Crippen LogP contribution in [0.1, 0.15) is 41.0 Å². The molecule has 1 amide bonds. The fraction of sp³-hybridized carbons (Fsp3) is 0.273. The van der Waals surface area contributed by atoms with Gasteiger partial charge in [-0.15, -0.1) is 0 Å². The van der Waals surface area contributed by atoms with Crippen LogP contribution in [0.4, 0.5) is 4.39 Å². The Kier molecular flexibility index (Phi) is 6.87. The van der Waals surface area contributed by atoms with Gasteiger partial charge in [-0.25, -0.2) is 17.5 Å². The summed E-state index contributed by atoms with van der Waals surface area (Å²) >= 11 is 0. The number of rotatable bonds is 8. The van der Waals surface area contributed by atoms with E-state index in [1.165, 1.54) is 30.3 Å². The maximum absolute atomic E-state index is 13.3. The largest absolute Gasteiger partial charge is 0.361 e. The molecule has 0 fully saturated rings. The number of nitrogens with zero attached hydrogens (tertiary/aromatic N) is 1. The second-order valence-electron chi connectivity index (χ2n) is 7.28. The topological polar surface area (TPSA) is 101 Å². The van der Waals surface area contributed by atoms with Gasteiger partial charge in [0, 0.05) is 18.7 Å². The number of carbonyl (C=O) groups excluding carboxylic acids is 1. The lowest BCUT2D eigenvalue weighted by Gasteiger charge is -2.13. The van der Waals surface area contributed by atoms with Gasteiger partial charge >= 0.3 is 0 Å². The monoisotopic (exact) mass is 445 g/mol. The molecule has 0 saturated carbocycles. The van der Waals surface area contributed by atoms with Crippen molar-refractivity contribution in [3.63, 3.8) is 0 Å². The summed E-state index contributed by atoms with van der Waals surface area (Å²) in [4.78, 5) is 12.6. The molecule has 3 aromatic rings. The van der Waals surface area contributed by atoms with Crippen molar-refractivity contribution < 1.29 is 22.1 Å². The van der Waals surface area contributed by atoms with Crippen LogP contribution in [0.2, 0.25) is 0 Å². The number of hydrogen-bond donors (Lipinski definition) is 2. The van der Waals surface area contributed by atoms with Crippen molar-refractivity contribution in [2.75, 3.05) is 0 Å². The predicted octanol–water partition coefficient (Wildman–Crippen LogP) is 3.33. The quantitative estimate of drug-likeness (QED) is 0.554. The smallest absolute Gasteiger partial charge is 0.240 e. The van der Waals surface area contributed by atoms with Gasteiger partial charge in [0.1, 0.15) is 11.6 Å². The Morgan fingerprint density at radius 3 is 2.42 bits per heavy atom. The van der Waals surface area contributed by atoms with E-state index in [4.69, 9.17) is 4.52 Å². The van der Waals surface area contributed by atoms with Crippen LogP contribution in [0.25, 0.3) is 0 Å². The van der Waals surface area contributed by atoms with Gasteiger partial charge in [0.05, 0.1) is 16.5 Å². The van der Waals surface area contributed by atoms with Gasteiger partial charge in [0.25, 0.3) is 0 Å². The minimum absolute atomic E-state index is 0.0317. The van der Waals surface area contributed by atoms with E-state index in [-0.39, 0.29) is 23.9 Å².